The summed E-state index contributed by atoms with van der Waals surface area (Å²) in [4.78, 5) is 14.6. The molecule has 90 valence electrons. The van der Waals surface area contributed by atoms with E-state index < -0.39 is 0 Å². The molecule has 0 aromatic carbocycles. The Morgan fingerprint density at radius 2 is 2.31 bits per heavy atom. The van der Waals surface area contributed by atoms with Crippen LogP contribution in [0.5, 0.6) is 0 Å². The summed E-state index contributed by atoms with van der Waals surface area (Å²) < 4.78 is 0.769. The zero-order chi connectivity index (χ0) is 12.0. The normalized spacial score (nSPS) is 10.4. The molecule has 0 unspecified atom stereocenters. The van der Waals surface area contributed by atoms with Crippen molar-refractivity contribution in [3.05, 3.63) is 21.3 Å². The maximum atomic E-state index is 11.7. The first-order valence-corrected chi connectivity index (χ1v) is 6.45. The van der Waals surface area contributed by atoms with Gasteiger partial charge in [0.2, 0.25) is 5.91 Å². The van der Waals surface area contributed by atoms with Gasteiger partial charge in [-0.25, -0.2) is 0 Å². The van der Waals surface area contributed by atoms with E-state index in [0.29, 0.717) is 13.0 Å². The number of nitrogens with zero attached hydrogens (tertiary/aromatic N) is 1. The van der Waals surface area contributed by atoms with Gasteiger partial charge in [0.15, 0.2) is 0 Å². The zero-order valence-electron chi connectivity index (χ0n) is 9.62. The minimum atomic E-state index is 0.180. The molecular weight excluding hydrogens is 244 g/mol. The van der Waals surface area contributed by atoms with Gasteiger partial charge in [0, 0.05) is 18.3 Å². The lowest BCUT2D eigenvalue weighted by molar-refractivity contribution is -0.130. The van der Waals surface area contributed by atoms with E-state index in [-0.39, 0.29) is 5.91 Å². The minimum Gasteiger partial charge on any atom is -0.341 e. The number of thiophene rings is 1. The average Bonchev–Trinajstić information content (AvgIpc) is 2.64. The summed E-state index contributed by atoms with van der Waals surface area (Å²) in [6.45, 7) is 1.53. The molecule has 0 fully saturated rings. The largest absolute Gasteiger partial charge is 0.341 e. The van der Waals surface area contributed by atoms with Crippen LogP contribution in [0, 0.1) is 0 Å². The van der Waals surface area contributed by atoms with Gasteiger partial charge in [0.25, 0.3) is 0 Å². The van der Waals surface area contributed by atoms with Crippen LogP contribution in [-0.2, 0) is 11.3 Å². The summed E-state index contributed by atoms with van der Waals surface area (Å²) in [5.41, 5.74) is 0. The highest BCUT2D eigenvalue weighted by Crippen LogP contribution is 2.22. The first-order chi connectivity index (χ1) is 7.63. The van der Waals surface area contributed by atoms with Gasteiger partial charge in [-0.15, -0.1) is 11.3 Å². The Balaban J connectivity index is 2.34. The number of hydrogen-bond acceptors (Lipinski definition) is 3. The fourth-order valence-electron chi connectivity index (χ4n) is 1.37. The fourth-order valence-corrected chi connectivity index (χ4v) is 2.51. The van der Waals surface area contributed by atoms with Crippen LogP contribution in [0.15, 0.2) is 12.1 Å². The maximum Gasteiger partial charge on any atom is 0.222 e. The van der Waals surface area contributed by atoms with Gasteiger partial charge in [-0.3, -0.25) is 4.79 Å². The van der Waals surface area contributed by atoms with E-state index >= 15 is 0 Å². The highest BCUT2D eigenvalue weighted by molar-refractivity contribution is 7.16. The Bertz CT molecular complexity index is 340. The van der Waals surface area contributed by atoms with Crippen LogP contribution in [0.4, 0.5) is 0 Å². The van der Waals surface area contributed by atoms with Gasteiger partial charge in [-0.1, -0.05) is 11.6 Å². The number of rotatable bonds is 6. The third-order valence-electron chi connectivity index (χ3n) is 2.27. The van der Waals surface area contributed by atoms with Crippen molar-refractivity contribution < 1.29 is 4.79 Å². The van der Waals surface area contributed by atoms with Crippen molar-refractivity contribution in [2.45, 2.75) is 19.4 Å². The molecule has 0 radical (unpaired) electrons. The van der Waals surface area contributed by atoms with Crippen molar-refractivity contribution in [1.82, 2.24) is 10.2 Å². The third-order valence-corrected chi connectivity index (χ3v) is 3.48. The molecule has 16 heavy (non-hydrogen) atoms. The van der Waals surface area contributed by atoms with Crippen LogP contribution in [0.2, 0.25) is 4.34 Å². The lowest BCUT2D eigenvalue weighted by Gasteiger charge is -2.15. The van der Waals surface area contributed by atoms with E-state index in [0.717, 1.165) is 22.2 Å². The Labute approximate surface area is 105 Å². The molecule has 1 amide bonds. The molecule has 0 saturated carbocycles. The summed E-state index contributed by atoms with van der Waals surface area (Å²) in [6, 6.07) is 3.82. The summed E-state index contributed by atoms with van der Waals surface area (Å²) in [5, 5.41) is 3.03. The first-order valence-electron chi connectivity index (χ1n) is 5.26. The smallest absolute Gasteiger partial charge is 0.222 e. The number of amides is 1. The minimum absolute atomic E-state index is 0.180. The van der Waals surface area contributed by atoms with E-state index in [9.17, 15) is 4.79 Å². The topological polar surface area (TPSA) is 32.3 Å². The van der Waals surface area contributed by atoms with E-state index in [1.807, 2.05) is 26.2 Å². The van der Waals surface area contributed by atoms with Gasteiger partial charge in [0.05, 0.1) is 10.9 Å². The summed E-state index contributed by atoms with van der Waals surface area (Å²) in [5.74, 6) is 0.180. The molecule has 0 aliphatic carbocycles. The second kappa shape index (κ2) is 6.89. The SMILES string of the molecule is CNCCCC(=O)N(C)Cc1ccc(Cl)s1. The Morgan fingerprint density at radius 3 is 2.88 bits per heavy atom. The lowest BCUT2D eigenvalue weighted by Crippen LogP contribution is -2.26. The molecule has 0 aliphatic rings. The lowest BCUT2D eigenvalue weighted by atomic mass is 10.2. The fraction of sp³-hybridized carbons (Fsp3) is 0.545. The molecule has 0 saturated heterocycles. The second-order valence-electron chi connectivity index (χ2n) is 3.66. The van der Waals surface area contributed by atoms with Crippen LogP contribution in [0.3, 0.4) is 0 Å². The van der Waals surface area contributed by atoms with Crippen molar-refractivity contribution in [2.24, 2.45) is 0 Å². The molecule has 5 heteroatoms. The molecule has 1 rings (SSSR count). The molecule has 0 bridgehead atoms. The van der Waals surface area contributed by atoms with Crippen LogP contribution < -0.4 is 5.32 Å². The highest BCUT2D eigenvalue weighted by Gasteiger charge is 2.09. The number of nitrogens with one attached hydrogen (secondary N) is 1. The predicted octanol–water partition coefficient (Wildman–Crippen LogP) is 2.36. The molecule has 1 N–H and O–H groups in total. The number of carbonyl (C=O) groups is 1. The van der Waals surface area contributed by atoms with Crippen LogP contribution in [0.25, 0.3) is 0 Å². The van der Waals surface area contributed by atoms with Crippen molar-refractivity contribution >= 4 is 28.8 Å². The molecule has 1 aromatic heterocycles. The first kappa shape index (κ1) is 13.5. The number of halogens is 1. The molecule has 1 heterocycles. The van der Waals surface area contributed by atoms with Crippen LogP contribution >= 0.6 is 22.9 Å². The second-order valence-corrected chi connectivity index (χ2v) is 5.46. The Morgan fingerprint density at radius 1 is 1.56 bits per heavy atom. The van der Waals surface area contributed by atoms with E-state index in [4.69, 9.17) is 11.6 Å². The Hall–Kier alpha value is -0.580. The predicted molar refractivity (Wildman–Crippen MR) is 69.0 cm³/mol. The van der Waals surface area contributed by atoms with Crippen molar-refractivity contribution in [3.8, 4) is 0 Å². The summed E-state index contributed by atoms with van der Waals surface area (Å²) in [7, 11) is 3.72. The molecule has 0 aliphatic heterocycles. The molecule has 1 aromatic rings. The van der Waals surface area contributed by atoms with E-state index in [1.165, 1.54) is 11.3 Å². The van der Waals surface area contributed by atoms with Crippen molar-refractivity contribution in [1.29, 1.82) is 0 Å². The molecule has 0 atom stereocenters. The van der Waals surface area contributed by atoms with E-state index in [1.54, 1.807) is 4.90 Å². The van der Waals surface area contributed by atoms with Gasteiger partial charge >= 0.3 is 0 Å². The van der Waals surface area contributed by atoms with Gasteiger partial charge in [0.1, 0.15) is 0 Å². The quantitative estimate of drug-likeness (QED) is 0.797. The molecular formula is C11H17ClN2OS. The number of hydrogen-bond donors (Lipinski definition) is 1. The highest BCUT2D eigenvalue weighted by atomic mass is 35.5. The van der Waals surface area contributed by atoms with Gasteiger partial charge in [-0.05, 0) is 32.1 Å². The van der Waals surface area contributed by atoms with Crippen molar-refractivity contribution in [2.75, 3.05) is 20.6 Å². The standard InChI is InChI=1S/C11H17ClN2OS/c1-13-7-3-4-11(15)14(2)8-9-5-6-10(12)16-9/h5-6,13H,3-4,7-8H2,1-2H3. The summed E-state index contributed by atoms with van der Waals surface area (Å²) >= 11 is 7.35. The van der Waals surface area contributed by atoms with Crippen LogP contribution in [-0.4, -0.2) is 31.4 Å². The van der Waals surface area contributed by atoms with Gasteiger partial charge in [-0.2, -0.15) is 0 Å². The average molecular weight is 261 g/mol. The third kappa shape index (κ3) is 4.51. The monoisotopic (exact) mass is 260 g/mol. The summed E-state index contributed by atoms with van der Waals surface area (Å²) in [6.07, 6.45) is 1.47. The maximum absolute atomic E-state index is 11.7. The Kier molecular flexibility index (Phi) is 5.80. The van der Waals surface area contributed by atoms with Crippen LogP contribution in [0.1, 0.15) is 17.7 Å². The van der Waals surface area contributed by atoms with Crippen molar-refractivity contribution in [3.63, 3.8) is 0 Å². The number of carbonyl (C=O) groups excluding carboxylic acids is 1. The van der Waals surface area contributed by atoms with Gasteiger partial charge < -0.3 is 10.2 Å². The molecule has 3 nitrogen and oxygen atoms in total. The van der Waals surface area contributed by atoms with E-state index in [2.05, 4.69) is 5.32 Å². The molecule has 0 spiro atoms. The zero-order valence-corrected chi connectivity index (χ0v) is 11.2.